The number of Topliss-reactive ketones (excluding diaryl/α,β-unsaturated/α-hetero) is 1. The van der Waals surface area contributed by atoms with Crippen LogP contribution in [0, 0.1) is 5.92 Å². The highest BCUT2D eigenvalue weighted by atomic mass is 16.5. The van der Waals surface area contributed by atoms with Gasteiger partial charge in [-0.05, 0) is 12.3 Å². The minimum absolute atomic E-state index is 0.0312. The van der Waals surface area contributed by atoms with Gasteiger partial charge in [-0.3, -0.25) is 9.59 Å². The van der Waals surface area contributed by atoms with Gasteiger partial charge in [-0.15, -0.1) is 0 Å². The first-order valence-corrected chi connectivity index (χ1v) is 6.39. The molecule has 3 heteroatoms. The number of rotatable bonds is 6. The first-order chi connectivity index (χ1) is 7.72. The first kappa shape index (κ1) is 13.2. The summed E-state index contributed by atoms with van der Waals surface area (Å²) >= 11 is 0. The molecule has 1 aliphatic carbocycles. The molecule has 0 radical (unpaired) electrons. The third kappa shape index (κ3) is 5.29. The third-order valence-corrected chi connectivity index (χ3v) is 3.05. The Labute approximate surface area is 97.5 Å². The van der Waals surface area contributed by atoms with Gasteiger partial charge in [0.25, 0.3) is 0 Å². The largest absolute Gasteiger partial charge is 0.465 e. The maximum Gasteiger partial charge on any atom is 0.313 e. The summed E-state index contributed by atoms with van der Waals surface area (Å²) in [7, 11) is 0. The number of carbonyl (C=O) groups excluding carboxylic acids is 2. The predicted molar refractivity (Wildman–Crippen MR) is 62.1 cm³/mol. The monoisotopic (exact) mass is 226 g/mol. The molecule has 0 heterocycles. The van der Waals surface area contributed by atoms with Crippen molar-refractivity contribution in [2.75, 3.05) is 6.61 Å². The zero-order valence-electron chi connectivity index (χ0n) is 10.2. The zero-order chi connectivity index (χ0) is 11.8. The van der Waals surface area contributed by atoms with Gasteiger partial charge in [-0.1, -0.05) is 39.0 Å². The molecule has 0 aliphatic heterocycles. The fraction of sp³-hybridized carbons (Fsp3) is 0.846. The molecule has 1 saturated carbocycles. The summed E-state index contributed by atoms with van der Waals surface area (Å²) in [6, 6.07) is 0. The lowest BCUT2D eigenvalue weighted by molar-refractivity contribution is -0.146. The van der Waals surface area contributed by atoms with Crippen molar-refractivity contribution in [3.63, 3.8) is 0 Å². The SMILES string of the molecule is CCCOC(=O)CC(=O)CC1CCCCC1. The molecule has 0 aromatic heterocycles. The zero-order valence-corrected chi connectivity index (χ0v) is 10.2. The van der Waals surface area contributed by atoms with E-state index in [4.69, 9.17) is 4.74 Å². The van der Waals surface area contributed by atoms with Crippen LogP contribution in [0.5, 0.6) is 0 Å². The van der Waals surface area contributed by atoms with Crippen molar-refractivity contribution in [3.8, 4) is 0 Å². The summed E-state index contributed by atoms with van der Waals surface area (Å²) in [5, 5.41) is 0. The van der Waals surface area contributed by atoms with E-state index in [1.165, 1.54) is 19.3 Å². The molecule has 0 aromatic rings. The molecule has 92 valence electrons. The van der Waals surface area contributed by atoms with Gasteiger partial charge in [-0.25, -0.2) is 0 Å². The lowest BCUT2D eigenvalue weighted by atomic mass is 9.85. The summed E-state index contributed by atoms with van der Waals surface area (Å²) in [6.45, 7) is 2.37. The van der Waals surface area contributed by atoms with Gasteiger partial charge in [0.1, 0.15) is 12.2 Å². The molecule has 3 nitrogen and oxygen atoms in total. The average molecular weight is 226 g/mol. The highest BCUT2D eigenvalue weighted by molar-refractivity contribution is 5.95. The lowest BCUT2D eigenvalue weighted by Gasteiger charge is -2.20. The summed E-state index contributed by atoms with van der Waals surface area (Å²) in [5.41, 5.74) is 0. The standard InChI is InChI=1S/C13H22O3/c1-2-8-16-13(15)10-12(14)9-11-6-4-3-5-7-11/h11H,2-10H2,1H3. The Morgan fingerprint density at radius 3 is 2.50 bits per heavy atom. The van der Waals surface area contributed by atoms with Crippen LogP contribution in [-0.4, -0.2) is 18.4 Å². The number of esters is 1. The molecule has 1 fully saturated rings. The van der Waals surface area contributed by atoms with Crippen LogP contribution >= 0.6 is 0 Å². The van der Waals surface area contributed by atoms with Crippen LogP contribution in [0.1, 0.15) is 58.3 Å². The Kier molecular flexibility index (Phi) is 6.12. The van der Waals surface area contributed by atoms with E-state index in [1.807, 2.05) is 6.92 Å². The van der Waals surface area contributed by atoms with Crippen LogP contribution < -0.4 is 0 Å². The minimum atomic E-state index is -0.359. The van der Waals surface area contributed by atoms with E-state index in [9.17, 15) is 9.59 Å². The van der Waals surface area contributed by atoms with E-state index >= 15 is 0 Å². The van der Waals surface area contributed by atoms with Crippen molar-refractivity contribution < 1.29 is 14.3 Å². The summed E-state index contributed by atoms with van der Waals surface area (Å²) in [5.74, 6) is 0.205. The van der Waals surface area contributed by atoms with Gasteiger partial charge in [0.2, 0.25) is 0 Å². The maximum absolute atomic E-state index is 11.6. The molecule has 0 N–H and O–H groups in total. The van der Waals surface area contributed by atoms with E-state index in [2.05, 4.69) is 0 Å². The molecule has 0 atom stereocenters. The van der Waals surface area contributed by atoms with Crippen LogP contribution in [0.2, 0.25) is 0 Å². The molecule has 0 bridgehead atoms. The fourth-order valence-corrected chi connectivity index (χ4v) is 2.21. The van der Waals surface area contributed by atoms with Crippen molar-refractivity contribution in [1.82, 2.24) is 0 Å². The molecule has 16 heavy (non-hydrogen) atoms. The summed E-state index contributed by atoms with van der Waals surface area (Å²) in [4.78, 5) is 22.8. The second-order valence-corrected chi connectivity index (χ2v) is 4.64. The quantitative estimate of drug-likeness (QED) is 0.516. The highest BCUT2D eigenvalue weighted by Gasteiger charge is 2.19. The summed E-state index contributed by atoms with van der Waals surface area (Å²) < 4.78 is 4.89. The van der Waals surface area contributed by atoms with Crippen LogP contribution in [0.3, 0.4) is 0 Å². The molecule has 0 unspecified atom stereocenters. The average Bonchev–Trinajstić information content (AvgIpc) is 2.27. The van der Waals surface area contributed by atoms with E-state index in [0.717, 1.165) is 19.3 Å². The lowest BCUT2D eigenvalue weighted by Crippen LogP contribution is -2.16. The van der Waals surface area contributed by atoms with Gasteiger partial charge < -0.3 is 4.74 Å². The molecule has 1 rings (SSSR count). The Hall–Kier alpha value is -0.860. The topological polar surface area (TPSA) is 43.4 Å². The van der Waals surface area contributed by atoms with Gasteiger partial charge in [-0.2, -0.15) is 0 Å². The Morgan fingerprint density at radius 1 is 1.19 bits per heavy atom. The van der Waals surface area contributed by atoms with E-state index < -0.39 is 0 Å². The van der Waals surface area contributed by atoms with Gasteiger partial charge >= 0.3 is 5.97 Å². The van der Waals surface area contributed by atoms with Gasteiger partial charge in [0.15, 0.2) is 0 Å². The fourth-order valence-electron chi connectivity index (χ4n) is 2.21. The van der Waals surface area contributed by atoms with Gasteiger partial charge in [0.05, 0.1) is 6.61 Å². The smallest absolute Gasteiger partial charge is 0.313 e. The molecular weight excluding hydrogens is 204 g/mol. The third-order valence-electron chi connectivity index (χ3n) is 3.05. The number of hydrogen-bond donors (Lipinski definition) is 0. The van der Waals surface area contributed by atoms with Gasteiger partial charge in [0, 0.05) is 6.42 Å². The van der Waals surface area contributed by atoms with Crippen LogP contribution in [0.25, 0.3) is 0 Å². The van der Waals surface area contributed by atoms with Crippen molar-refractivity contribution in [3.05, 3.63) is 0 Å². The first-order valence-electron chi connectivity index (χ1n) is 6.39. The van der Waals surface area contributed by atoms with Crippen molar-refractivity contribution in [1.29, 1.82) is 0 Å². The molecular formula is C13H22O3. The van der Waals surface area contributed by atoms with Crippen molar-refractivity contribution >= 4 is 11.8 Å². The molecule has 0 aromatic carbocycles. The molecule has 0 amide bonds. The van der Waals surface area contributed by atoms with Crippen molar-refractivity contribution in [2.24, 2.45) is 5.92 Å². The highest BCUT2D eigenvalue weighted by Crippen LogP contribution is 2.26. The predicted octanol–water partition coefficient (Wildman–Crippen LogP) is 2.87. The number of ether oxygens (including phenoxy) is 1. The second-order valence-electron chi connectivity index (χ2n) is 4.64. The number of hydrogen-bond acceptors (Lipinski definition) is 3. The summed E-state index contributed by atoms with van der Waals surface area (Å²) in [6.07, 6.45) is 7.41. The van der Waals surface area contributed by atoms with E-state index in [1.54, 1.807) is 0 Å². The number of ketones is 1. The Morgan fingerprint density at radius 2 is 1.88 bits per heavy atom. The van der Waals surface area contributed by atoms with E-state index in [0.29, 0.717) is 18.9 Å². The minimum Gasteiger partial charge on any atom is -0.465 e. The molecule has 0 spiro atoms. The second kappa shape index (κ2) is 7.42. The van der Waals surface area contributed by atoms with Crippen LogP contribution in [-0.2, 0) is 14.3 Å². The van der Waals surface area contributed by atoms with E-state index in [-0.39, 0.29) is 18.2 Å². The Bertz CT molecular complexity index is 229. The molecule has 0 saturated heterocycles. The Balaban J connectivity index is 2.16. The molecule has 1 aliphatic rings. The van der Waals surface area contributed by atoms with Crippen LogP contribution in [0.4, 0.5) is 0 Å². The maximum atomic E-state index is 11.6. The normalized spacial score (nSPS) is 17.1. The number of carbonyl (C=O) groups is 2. The van der Waals surface area contributed by atoms with Crippen molar-refractivity contribution in [2.45, 2.75) is 58.3 Å². The van der Waals surface area contributed by atoms with Crippen LogP contribution in [0.15, 0.2) is 0 Å².